The van der Waals surface area contributed by atoms with Gasteiger partial charge in [-0.15, -0.1) is 5.48 Å². The summed E-state index contributed by atoms with van der Waals surface area (Å²) in [6, 6.07) is 2.82. The van der Waals surface area contributed by atoms with E-state index in [2.05, 4.69) is 10.3 Å². The summed E-state index contributed by atoms with van der Waals surface area (Å²) in [4.78, 5) is 40.5. The molecule has 4 atom stereocenters. The molecule has 0 spiro atoms. The molecule has 1 heterocycles. The number of carbonyl (C=O) groups is 3. The SMILES string of the molecule is CC(=O)ONCCOc1ccc(O)c2c1CCC[C@H](O)C(O)C(=O)/C=C\[C@@H](C)[C@H](C)OC2=O. The average molecular weight is 465 g/mol. The van der Waals surface area contributed by atoms with Crippen LogP contribution in [0.15, 0.2) is 24.3 Å². The molecule has 4 N–H and O–H groups in total. The molecule has 10 nitrogen and oxygen atoms in total. The number of aliphatic hydroxyl groups excluding tert-OH is 2. The summed E-state index contributed by atoms with van der Waals surface area (Å²) in [5.41, 5.74) is 2.75. The van der Waals surface area contributed by atoms with Crippen molar-refractivity contribution in [3.05, 3.63) is 35.4 Å². The van der Waals surface area contributed by atoms with Crippen molar-refractivity contribution in [1.82, 2.24) is 5.48 Å². The van der Waals surface area contributed by atoms with Crippen molar-refractivity contribution >= 4 is 17.7 Å². The van der Waals surface area contributed by atoms with E-state index in [1.165, 1.54) is 31.2 Å². The van der Waals surface area contributed by atoms with Gasteiger partial charge in [0.1, 0.15) is 35.9 Å². The Balaban J connectivity index is 2.33. The highest BCUT2D eigenvalue weighted by molar-refractivity contribution is 5.95. The fourth-order valence-corrected chi connectivity index (χ4v) is 3.26. The third-order valence-corrected chi connectivity index (χ3v) is 5.31. The van der Waals surface area contributed by atoms with E-state index in [0.29, 0.717) is 11.3 Å². The van der Waals surface area contributed by atoms with Gasteiger partial charge in [0.25, 0.3) is 0 Å². The first-order valence-electron chi connectivity index (χ1n) is 10.8. The van der Waals surface area contributed by atoms with Crippen molar-refractivity contribution in [2.24, 2.45) is 5.92 Å². The molecule has 10 heteroatoms. The van der Waals surface area contributed by atoms with E-state index in [0.717, 1.165) is 0 Å². The molecule has 182 valence electrons. The number of aliphatic hydroxyl groups is 2. The monoisotopic (exact) mass is 465 g/mol. The van der Waals surface area contributed by atoms with E-state index >= 15 is 0 Å². The molecular formula is C23H31NO9. The standard InChI is InChI=1S/C23H31NO9/c1-13-7-8-19(28)22(29)18(27)6-4-5-16-20(31-12-11-24-33-15(3)25)10-9-17(26)21(16)23(30)32-14(13)2/h7-10,13-14,18,22,24,26-27,29H,4-6,11-12H2,1-3H3/b8-7-/t13-,14+,18+,22?/m1/s1. The number of ketones is 1. The van der Waals surface area contributed by atoms with Crippen LogP contribution in [0, 0.1) is 5.92 Å². The maximum atomic E-state index is 12.9. The van der Waals surface area contributed by atoms with Gasteiger partial charge < -0.3 is 29.6 Å². The minimum absolute atomic E-state index is 0.0494. The van der Waals surface area contributed by atoms with Crippen LogP contribution in [0.2, 0.25) is 0 Å². The third-order valence-electron chi connectivity index (χ3n) is 5.31. The molecule has 0 saturated carbocycles. The minimum Gasteiger partial charge on any atom is -0.507 e. The largest absolute Gasteiger partial charge is 0.507 e. The van der Waals surface area contributed by atoms with Gasteiger partial charge >= 0.3 is 11.9 Å². The molecule has 0 saturated heterocycles. The Morgan fingerprint density at radius 2 is 1.97 bits per heavy atom. The van der Waals surface area contributed by atoms with E-state index in [1.807, 2.05) is 0 Å². The number of phenols is 1. The lowest BCUT2D eigenvalue weighted by atomic mass is 9.95. The van der Waals surface area contributed by atoms with Gasteiger partial charge in [-0.1, -0.05) is 13.0 Å². The van der Waals surface area contributed by atoms with E-state index in [-0.39, 0.29) is 49.6 Å². The van der Waals surface area contributed by atoms with Crippen molar-refractivity contribution in [2.45, 2.75) is 58.3 Å². The quantitative estimate of drug-likeness (QED) is 0.284. The summed E-state index contributed by atoms with van der Waals surface area (Å²) in [6.07, 6.45) is -0.269. The summed E-state index contributed by atoms with van der Waals surface area (Å²) in [5.74, 6) is -2.23. The predicted octanol–water partition coefficient (Wildman–Crippen LogP) is 1.20. The van der Waals surface area contributed by atoms with E-state index in [1.54, 1.807) is 13.8 Å². The Kier molecular flexibility index (Phi) is 9.83. The molecule has 0 aliphatic carbocycles. The highest BCUT2D eigenvalue weighted by Gasteiger charge is 2.27. The Hall–Kier alpha value is -2.95. The van der Waals surface area contributed by atoms with Crippen LogP contribution in [0.25, 0.3) is 0 Å². The van der Waals surface area contributed by atoms with Crippen LogP contribution < -0.4 is 10.2 Å². The molecule has 0 bridgehead atoms. The zero-order valence-electron chi connectivity index (χ0n) is 18.9. The number of rotatable bonds is 5. The van der Waals surface area contributed by atoms with E-state index in [4.69, 9.17) is 9.47 Å². The normalized spacial score (nSPS) is 25.4. The molecular weight excluding hydrogens is 434 g/mol. The Bertz CT molecular complexity index is 883. The van der Waals surface area contributed by atoms with Crippen molar-refractivity contribution in [3.63, 3.8) is 0 Å². The Morgan fingerprint density at radius 3 is 2.67 bits per heavy atom. The van der Waals surface area contributed by atoms with Gasteiger partial charge in [0.05, 0.1) is 12.6 Å². The first-order chi connectivity index (χ1) is 15.6. The van der Waals surface area contributed by atoms with Crippen molar-refractivity contribution in [2.75, 3.05) is 13.2 Å². The Labute approximate surface area is 192 Å². The summed E-state index contributed by atoms with van der Waals surface area (Å²) >= 11 is 0. The van der Waals surface area contributed by atoms with Crippen molar-refractivity contribution < 1.29 is 44.0 Å². The molecule has 1 aromatic carbocycles. The number of carbonyl (C=O) groups excluding carboxylic acids is 3. The number of nitrogens with one attached hydrogen (secondary N) is 1. The predicted molar refractivity (Wildman–Crippen MR) is 117 cm³/mol. The third kappa shape index (κ3) is 7.55. The van der Waals surface area contributed by atoms with Gasteiger partial charge in [0.2, 0.25) is 0 Å². The molecule has 1 aliphatic rings. The van der Waals surface area contributed by atoms with Crippen molar-refractivity contribution in [1.29, 1.82) is 0 Å². The lowest BCUT2D eigenvalue weighted by molar-refractivity contribution is -0.148. The summed E-state index contributed by atoms with van der Waals surface area (Å²) in [7, 11) is 0. The fraction of sp³-hybridized carbons (Fsp3) is 0.522. The number of hydrogen-bond acceptors (Lipinski definition) is 10. The van der Waals surface area contributed by atoms with Crippen LogP contribution in [0.4, 0.5) is 0 Å². The molecule has 33 heavy (non-hydrogen) atoms. The molecule has 1 aromatic rings. The molecule has 0 aromatic heterocycles. The second kappa shape index (κ2) is 12.3. The molecule has 0 amide bonds. The maximum absolute atomic E-state index is 12.9. The molecule has 2 rings (SSSR count). The number of ether oxygens (including phenoxy) is 2. The van der Waals surface area contributed by atoms with E-state index in [9.17, 15) is 29.7 Å². The van der Waals surface area contributed by atoms with Crippen LogP contribution in [-0.2, 0) is 25.6 Å². The zero-order chi connectivity index (χ0) is 24.5. The molecule has 1 aliphatic heterocycles. The molecule has 1 unspecified atom stereocenters. The average Bonchev–Trinajstić information content (AvgIpc) is 2.76. The van der Waals surface area contributed by atoms with Gasteiger partial charge in [-0.2, -0.15) is 0 Å². The van der Waals surface area contributed by atoms with Gasteiger partial charge in [0.15, 0.2) is 5.78 Å². The fourth-order valence-electron chi connectivity index (χ4n) is 3.26. The van der Waals surface area contributed by atoms with Crippen molar-refractivity contribution in [3.8, 4) is 11.5 Å². The van der Waals surface area contributed by atoms with Crippen LogP contribution in [0.1, 0.15) is 49.5 Å². The zero-order valence-corrected chi connectivity index (χ0v) is 18.9. The minimum atomic E-state index is -1.57. The highest BCUT2D eigenvalue weighted by atomic mass is 16.7. The second-order valence-corrected chi connectivity index (χ2v) is 7.91. The molecule has 0 radical (unpaired) electrons. The Morgan fingerprint density at radius 1 is 1.24 bits per heavy atom. The number of aromatic hydroxyl groups is 1. The summed E-state index contributed by atoms with van der Waals surface area (Å²) < 4.78 is 11.2. The van der Waals surface area contributed by atoms with Gasteiger partial charge in [-0.25, -0.2) is 4.79 Å². The van der Waals surface area contributed by atoms with Gasteiger partial charge in [0, 0.05) is 18.4 Å². The maximum Gasteiger partial charge on any atom is 0.342 e. The summed E-state index contributed by atoms with van der Waals surface area (Å²) in [6.45, 7) is 4.89. The van der Waals surface area contributed by atoms with Crippen LogP contribution in [0.3, 0.4) is 0 Å². The number of cyclic esters (lactones) is 1. The van der Waals surface area contributed by atoms with E-state index < -0.39 is 36.0 Å². The number of fused-ring (bicyclic) bond motifs is 1. The van der Waals surface area contributed by atoms with Crippen LogP contribution >= 0.6 is 0 Å². The number of hydrogen-bond donors (Lipinski definition) is 4. The van der Waals surface area contributed by atoms with Crippen LogP contribution in [0.5, 0.6) is 11.5 Å². The van der Waals surface area contributed by atoms with Gasteiger partial charge in [-0.3, -0.25) is 9.59 Å². The number of benzene rings is 1. The first-order valence-corrected chi connectivity index (χ1v) is 10.8. The molecule has 0 fully saturated rings. The number of esters is 1. The first kappa shape index (κ1) is 26.3. The van der Waals surface area contributed by atoms with Crippen LogP contribution in [-0.4, -0.2) is 64.5 Å². The number of phenolic OH excluding ortho intramolecular Hbond substituents is 1. The van der Waals surface area contributed by atoms with Gasteiger partial charge in [-0.05, 0) is 44.4 Å². The lowest BCUT2D eigenvalue weighted by Gasteiger charge is -2.22. The second-order valence-electron chi connectivity index (χ2n) is 7.91. The lowest BCUT2D eigenvalue weighted by Crippen LogP contribution is -2.33. The topological polar surface area (TPSA) is 152 Å². The highest BCUT2D eigenvalue weighted by Crippen LogP contribution is 2.33. The smallest absolute Gasteiger partial charge is 0.342 e. The number of hydroxylamine groups is 1. The summed E-state index contributed by atoms with van der Waals surface area (Å²) in [5, 5.41) is 30.8.